The molecule has 3 aromatic rings. The fourth-order valence-corrected chi connectivity index (χ4v) is 6.91. The van der Waals surface area contributed by atoms with Crippen LogP contribution in [0.15, 0.2) is 59.5 Å². The van der Waals surface area contributed by atoms with Gasteiger partial charge in [-0.3, -0.25) is 4.78 Å². The van der Waals surface area contributed by atoms with Crippen LogP contribution in [0.1, 0.15) is 55.3 Å². The molecule has 1 aliphatic rings. The van der Waals surface area contributed by atoms with Gasteiger partial charge in [-0.2, -0.15) is 0 Å². The third kappa shape index (κ3) is 4.15. The van der Waals surface area contributed by atoms with Gasteiger partial charge in [-0.15, -0.1) is 0 Å². The third-order valence-electron chi connectivity index (χ3n) is 6.97. The molecule has 33 heavy (non-hydrogen) atoms. The summed E-state index contributed by atoms with van der Waals surface area (Å²) < 4.78 is 13.8. The number of benzene rings is 2. The Hall–Kier alpha value is -2.79. The number of rotatable bonds is 6. The van der Waals surface area contributed by atoms with Gasteiger partial charge in [-0.25, -0.2) is 0 Å². The summed E-state index contributed by atoms with van der Waals surface area (Å²) in [5.74, 6) is 4.41. The Balaban J connectivity index is 1.81. The number of aromatic nitrogens is 1. The number of para-hydroxylation sites is 1. The molecule has 0 amide bonds. The molecule has 0 spiro atoms. The first kappa shape index (κ1) is 23.4. The van der Waals surface area contributed by atoms with Crippen molar-refractivity contribution in [3.63, 3.8) is 0 Å². The highest BCUT2D eigenvalue weighted by atomic mass is 32.2. The van der Waals surface area contributed by atoms with E-state index in [-0.39, 0.29) is 5.41 Å². The van der Waals surface area contributed by atoms with Crippen molar-refractivity contribution in [3.8, 4) is 0 Å². The highest BCUT2D eigenvalue weighted by Crippen LogP contribution is 2.40. The molecule has 5 heteroatoms. The van der Waals surface area contributed by atoms with Crippen LogP contribution in [0.3, 0.4) is 0 Å². The van der Waals surface area contributed by atoms with Crippen molar-refractivity contribution < 1.29 is 0 Å². The molecule has 0 bridgehead atoms. The predicted molar refractivity (Wildman–Crippen MR) is 143 cm³/mol. The molecule has 0 saturated heterocycles. The zero-order chi connectivity index (χ0) is 24.0. The van der Waals surface area contributed by atoms with Crippen molar-refractivity contribution in [2.75, 3.05) is 11.4 Å². The van der Waals surface area contributed by atoms with E-state index in [4.69, 9.17) is 5.41 Å². The Morgan fingerprint density at radius 3 is 2.36 bits per heavy atom. The van der Waals surface area contributed by atoms with Crippen molar-refractivity contribution in [2.24, 2.45) is 5.41 Å². The minimum Gasteiger partial charge on any atom is -0.348 e. The molecule has 1 unspecified atom stereocenters. The monoisotopic (exact) mass is 460 g/mol. The molecule has 2 N–H and O–H groups in total. The lowest BCUT2D eigenvalue weighted by Gasteiger charge is -2.31. The second-order valence-electron chi connectivity index (χ2n) is 9.95. The smallest absolute Gasteiger partial charge is 0.0472 e. The number of fused-ring (bicyclic) bond motifs is 1. The van der Waals surface area contributed by atoms with Gasteiger partial charge >= 0.3 is 0 Å². The van der Waals surface area contributed by atoms with Crippen molar-refractivity contribution >= 4 is 26.9 Å². The van der Waals surface area contributed by atoms with Gasteiger partial charge in [0.2, 0.25) is 0 Å². The molecular weight excluding hydrogens is 424 g/mol. The van der Waals surface area contributed by atoms with E-state index in [1.165, 1.54) is 17.0 Å². The Labute approximate surface area is 199 Å². The number of anilines is 1. The van der Waals surface area contributed by atoms with Crippen LogP contribution in [0.4, 0.5) is 5.69 Å². The fourth-order valence-electron chi connectivity index (χ4n) is 5.26. The quantitative estimate of drug-likeness (QED) is 0.405. The lowest BCUT2D eigenvalue weighted by Crippen LogP contribution is -2.28. The van der Waals surface area contributed by atoms with Gasteiger partial charge in [-0.05, 0) is 76.9 Å². The van der Waals surface area contributed by atoms with Crippen LogP contribution in [-0.4, -0.2) is 23.2 Å². The summed E-state index contributed by atoms with van der Waals surface area (Å²) in [6.07, 6.45) is 2.54. The van der Waals surface area contributed by atoms with E-state index < -0.39 is 9.60 Å². The Kier molecular flexibility index (Phi) is 6.04. The highest BCUT2D eigenvalue weighted by molar-refractivity contribution is 8.02. The normalized spacial score (nSPS) is 16.8. The molecule has 1 heterocycles. The van der Waals surface area contributed by atoms with Crippen LogP contribution in [0.25, 0.3) is 0 Å². The minimum atomic E-state index is -2.23. The van der Waals surface area contributed by atoms with Gasteiger partial charge < -0.3 is 14.3 Å². The van der Waals surface area contributed by atoms with E-state index in [1.807, 2.05) is 47.8 Å². The van der Waals surface area contributed by atoms with Crippen molar-refractivity contribution in [1.82, 2.24) is 4.57 Å². The predicted octanol–water partition coefficient (Wildman–Crippen LogP) is 6.51. The molecule has 4 nitrogen and oxygen atoms in total. The zero-order valence-electron chi connectivity index (χ0n) is 20.5. The largest absolute Gasteiger partial charge is 0.348 e. The standard InChI is InChI=1S/C28H36N4S/c1-7-32-20(2)23(27-24(29)18-28(3,4)19-25(27)32)17-21-13-11-12-16-26(21)33(6,30)31(5)22-14-9-8-10-15-22/h8-16,29-30H,6-7,17-19H2,1-5H3. The number of hydrogen-bond acceptors (Lipinski definition) is 2. The highest BCUT2D eigenvalue weighted by Gasteiger charge is 2.34. The van der Waals surface area contributed by atoms with Gasteiger partial charge in [-0.1, -0.05) is 50.2 Å². The summed E-state index contributed by atoms with van der Waals surface area (Å²) in [6, 6.07) is 18.4. The van der Waals surface area contributed by atoms with Crippen molar-refractivity contribution in [1.29, 1.82) is 10.2 Å². The van der Waals surface area contributed by atoms with E-state index in [0.29, 0.717) is 0 Å². The van der Waals surface area contributed by atoms with E-state index in [1.54, 1.807) is 0 Å². The van der Waals surface area contributed by atoms with E-state index in [0.717, 1.165) is 53.2 Å². The number of hydrogen-bond donors (Lipinski definition) is 2. The van der Waals surface area contributed by atoms with Crippen molar-refractivity contribution in [3.05, 3.63) is 82.7 Å². The summed E-state index contributed by atoms with van der Waals surface area (Å²) in [5, 5.41) is 8.91. The maximum Gasteiger partial charge on any atom is 0.0472 e. The first-order valence-electron chi connectivity index (χ1n) is 11.6. The summed E-state index contributed by atoms with van der Waals surface area (Å²) >= 11 is 0. The van der Waals surface area contributed by atoms with Gasteiger partial charge in [0.25, 0.3) is 0 Å². The second kappa shape index (κ2) is 8.53. The minimum absolute atomic E-state index is 0.114. The molecule has 174 valence electrons. The fraction of sp³-hybridized carbons (Fsp3) is 0.357. The molecule has 4 rings (SSSR count). The SMILES string of the molecule is C=S(=N)(c1ccccc1Cc1c2c(n(CC)c1C)CC(C)(C)CC2=N)N(C)c1ccccc1. The number of nitrogens with zero attached hydrogens (tertiary/aromatic N) is 2. The van der Waals surface area contributed by atoms with Gasteiger partial charge in [0.05, 0.1) is 0 Å². The summed E-state index contributed by atoms with van der Waals surface area (Å²) in [5.41, 5.74) is 7.97. The second-order valence-corrected chi connectivity index (χ2v) is 12.3. The molecular formula is C28H36N4S. The first-order chi connectivity index (χ1) is 15.6. The summed E-state index contributed by atoms with van der Waals surface area (Å²) in [7, 11) is -0.263. The molecule has 0 saturated carbocycles. The average molecular weight is 461 g/mol. The molecule has 1 aromatic heterocycles. The molecule has 0 fully saturated rings. The summed E-state index contributed by atoms with van der Waals surface area (Å²) in [4.78, 5) is 0.983. The van der Waals surface area contributed by atoms with Crippen LogP contribution in [0.5, 0.6) is 0 Å². The van der Waals surface area contributed by atoms with Crippen LogP contribution in [0.2, 0.25) is 0 Å². The lowest BCUT2D eigenvalue weighted by molar-refractivity contribution is 0.360. The zero-order valence-corrected chi connectivity index (χ0v) is 21.4. The Morgan fingerprint density at radius 2 is 1.70 bits per heavy atom. The number of nitrogens with one attached hydrogen (secondary N) is 2. The molecule has 1 atom stereocenters. The summed E-state index contributed by atoms with van der Waals surface area (Å²) in [6.45, 7) is 9.84. The maximum atomic E-state index is 9.34. The third-order valence-corrected chi connectivity index (χ3v) is 9.24. The Bertz CT molecular complexity index is 1300. The van der Waals surface area contributed by atoms with Crippen LogP contribution in [-0.2, 0) is 29.0 Å². The first-order valence-corrected chi connectivity index (χ1v) is 13.4. The van der Waals surface area contributed by atoms with Gasteiger partial charge in [0, 0.05) is 53.3 Å². The molecule has 0 aliphatic heterocycles. The maximum absolute atomic E-state index is 9.34. The average Bonchev–Trinajstić information content (AvgIpc) is 3.03. The molecule has 2 aromatic carbocycles. The van der Waals surface area contributed by atoms with Gasteiger partial charge in [0.15, 0.2) is 0 Å². The van der Waals surface area contributed by atoms with E-state index >= 15 is 0 Å². The molecule has 1 aliphatic carbocycles. The van der Waals surface area contributed by atoms with E-state index in [2.05, 4.69) is 56.3 Å². The lowest BCUT2D eigenvalue weighted by atomic mass is 9.74. The molecule has 0 radical (unpaired) electrons. The van der Waals surface area contributed by atoms with Crippen LogP contribution >= 0.6 is 0 Å². The van der Waals surface area contributed by atoms with Gasteiger partial charge in [0.1, 0.15) is 0 Å². The topological polar surface area (TPSA) is 55.9 Å². The van der Waals surface area contributed by atoms with Crippen LogP contribution in [0, 0.1) is 22.5 Å². The van der Waals surface area contributed by atoms with Crippen LogP contribution < -0.4 is 4.31 Å². The Morgan fingerprint density at radius 1 is 1.06 bits per heavy atom. The van der Waals surface area contributed by atoms with E-state index in [9.17, 15) is 4.78 Å². The van der Waals surface area contributed by atoms with Crippen molar-refractivity contribution in [2.45, 2.75) is 58.4 Å².